The van der Waals surface area contributed by atoms with Crippen molar-refractivity contribution in [3.63, 3.8) is 0 Å². The molecule has 0 radical (unpaired) electrons. The maximum absolute atomic E-state index is 11.6. The van der Waals surface area contributed by atoms with E-state index in [-0.39, 0.29) is 0 Å². The van der Waals surface area contributed by atoms with Crippen LogP contribution in [0.15, 0.2) is 11.6 Å². The summed E-state index contributed by atoms with van der Waals surface area (Å²) >= 11 is 0. The number of aliphatic hydroxyl groups excluding tert-OH is 1. The molecular formula is C20H40N2O3. The number of carbonyl (C=O) groups is 1. The van der Waals surface area contributed by atoms with Gasteiger partial charge < -0.3 is 20.9 Å². The second kappa shape index (κ2) is 14.3. The van der Waals surface area contributed by atoms with Crippen molar-refractivity contribution >= 4 is 5.97 Å². The van der Waals surface area contributed by atoms with Crippen LogP contribution in [0.4, 0.5) is 0 Å². The Hall–Kier alpha value is -0.910. The molecule has 1 rings (SSSR count). The molecule has 1 heterocycles. The van der Waals surface area contributed by atoms with Crippen LogP contribution in [-0.2, 0) is 9.53 Å². The lowest BCUT2D eigenvalue weighted by Crippen LogP contribution is -2.40. The van der Waals surface area contributed by atoms with Gasteiger partial charge in [-0.15, -0.1) is 0 Å². The molecular weight excluding hydrogens is 316 g/mol. The summed E-state index contributed by atoms with van der Waals surface area (Å²) in [7, 11) is 3.75. The van der Waals surface area contributed by atoms with Crippen LogP contribution < -0.4 is 11.1 Å². The van der Waals surface area contributed by atoms with E-state index in [4.69, 9.17) is 10.5 Å². The van der Waals surface area contributed by atoms with Crippen molar-refractivity contribution in [2.24, 2.45) is 5.73 Å². The Balaban J connectivity index is 0.00000178. The molecule has 0 aliphatic carbocycles. The number of hydrogen-bond donors (Lipinski definition) is 3. The van der Waals surface area contributed by atoms with E-state index in [0.29, 0.717) is 5.57 Å². The molecule has 2 atom stereocenters. The van der Waals surface area contributed by atoms with Crippen LogP contribution in [0.25, 0.3) is 0 Å². The van der Waals surface area contributed by atoms with Crippen LogP contribution in [-0.4, -0.2) is 37.0 Å². The van der Waals surface area contributed by atoms with E-state index in [1.807, 2.05) is 21.0 Å². The predicted octanol–water partition coefficient (Wildman–Crippen LogP) is 3.65. The number of esters is 1. The molecule has 0 spiro atoms. The zero-order valence-corrected chi connectivity index (χ0v) is 16.8. The van der Waals surface area contributed by atoms with Gasteiger partial charge in [0, 0.05) is 5.54 Å². The highest BCUT2D eigenvalue weighted by molar-refractivity contribution is 5.93. The number of nitrogens with two attached hydrogens (primary N) is 1. The lowest BCUT2D eigenvalue weighted by Gasteiger charge is -2.24. The van der Waals surface area contributed by atoms with Crippen molar-refractivity contribution in [2.75, 3.05) is 14.1 Å². The highest BCUT2D eigenvalue weighted by atomic mass is 16.6. The molecule has 0 aromatic rings. The standard InChI is InChI=1S/C18H33NO3.C2H7N/c1-3-4-5-6-7-8-9-10-11-12-13-18(2,19)15-14-16(20)22-17(15)21;1-3-2/h14,16,20H,3-13,19H2,1-2H3;3H,1-2H3. The Labute approximate surface area is 154 Å². The molecule has 0 saturated heterocycles. The van der Waals surface area contributed by atoms with Gasteiger partial charge in [0.1, 0.15) is 0 Å². The summed E-state index contributed by atoms with van der Waals surface area (Å²) in [4.78, 5) is 11.6. The van der Waals surface area contributed by atoms with E-state index >= 15 is 0 Å². The third-order valence-corrected chi connectivity index (χ3v) is 4.42. The topological polar surface area (TPSA) is 84.6 Å². The second-order valence-corrected chi connectivity index (χ2v) is 7.23. The minimum atomic E-state index is -1.13. The first kappa shape index (κ1) is 24.1. The van der Waals surface area contributed by atoms with Gasteiger partial charge in [0.15, 0.2) is 0 Å². The van der Waals surface area contributed by atoms with E-state index in [2.05, 4.69) is 12.2 Å². The van der Waals surface area contributed by atoms with Crippen molar-refractivity contribution < 1.29 is 14.6 Å². The lowest BCUT2D eigenvalue weighted by molar-refractivity contribution is -0.151. The smallest absolute Gasteiger partial charge is 0.338 e. The Kier molecular flexibility index (Phi) is 13.8. The lowest BCUT2D eigenvalue weighted by atomic mass is 9.87. The van der Waals surface area contributed by atoms with E-state index < -0.39 is 17.8 Å². The van der Waals surface area contributed by atoms with Gasteiger partial charge in [-0.2, -0.15) is 0 Å². The quantitative estimate of drug-likeness (QED) is 0.367. The third-order valence-electron chi connectivity index (χ3n) is 4.42. The average molecular weight is 357 g/mol. The maximum Gasteiger partial charge on any atom is 0.338 e. The van der Waals surface area contributed by atoms with E-state index in [9.17, 15) is 9.90 Å². The summed E-state index contributed by atoms with van der Waals surface area (Å²) in [6, 6.07) is 0. The fourth-order valence-corrected chi connectivity index (χ4v) is 2.96. The fourth-order valence-electron chi connectivity index (χ4n) is 2.96. The van der Waals surface area contributed by atoms with Gasteiger partial charge in [0.05, 0.1) is 5.57 Å². The van der Waals surface area contributed by atoms with Crippen LogP contribution in [0.1, 0.15) is 84.5 Å². The number of hydrogen-bond acceptors (Lipinski definition) is 5. The largest absolute Gasteiger partial charge is 0.429 e. The average Bonchev–Trinajstić information content (AvgIpc) is 2.89. The number of cyclic esters (lactones) is 1. The Morgan fingerprint density at radius 1 is 1.08 bits per heavy atom. The van der Waals surface area contributed by atoms with Crippen LogP contribution in [0, 0.1) is 0 Å². The molecule has 0 aromatic heterocycles. The molecule has 2 unspecified atom stereocenters. The minimum absolute atomic E-state index is 0.413. The Bertz CT molecular complexity index is 381. The van der Waals surface area contributed by atoms with Gasteiger partial charge in [-0.3, -0.25) is 0 Å². The molecule has 5 heteroatoms. The van der Waals surface area contributed by atoms with Gasteiger partial charge in [0.2, 0.25) is 6.29 Å². The number of rotatable bonds is 12. The highest BCUT2D eigenvalue weighted by Gasteiger charge is 2.35. The maximum atomic E-state index is 11.6. The van der Waals surface area contributed by atoms with Gasteiger partial charge in [-0.05, 0) is 33.5 Å². The van der Waals surface area contributed by atoms with E-state index in [1.165, 1.54) is 57.4 Å². The monoisotopic (exact) mass is 356 g/mol. The summed E-state index contributed by atoms with van der Waals surface area (Å²) in [6.07, 6.45) is 13.8. The SMILES string of the molecule is CCCCCCCCCCCCC(C)(N)C1=CC(O)OC1=O.CNC. The molecule has 0 bridgehead atoms. The predicted molar refractivity (Wildman–Crippen MR) is 104 cm³/mol. The minimum Gasteiger partial charge on any atom is -0.429 e. The van der Waals surface area contributed by atoms with Crippen molar-refractivity contribution in [1.29, 1.82) is 0 Å². The fraction of sp³-hybridized carbons (Fsp3) is 0.850. The second-order valence-electron chi connectivity index (χ2n) is 7.23. The van der Waals surface area contributed by atoms with Crippen LogP contribution >= 0.6 is 0 Å². The van der Waals surface area contributed by atoms with Crippen molar-refractivity contribution in [3.05, 3.63) is 11.6 Å². The first-order valence-corrected chi connectivity index (χ1v) is 9.87. The summed E-state index contributed by atoms with van der Waals surface area (Å²) in [6.45, 7) is 4.08. The van der Waals surface area contributed by atoms with Crippen LogP contribution in [0.2, 0.25) is 0 Å². The van der Waals surface area contributed by atoms with Crippen molar-refractivity contribution in [2.45, 2.75) is 96.3 Å². The van der Waals surface area contributed by atoms with Crippen molar-refractivity contribution in [3.8, 4) is 0 Å². The number of carbonyl (C=O) groups excluding carboxylic acids is 1. The summed E-state index contributed by atoms with van der Waals surface area (Å²) in [5, 5.41) is 12.1. The van der Waals surface area contributed by atoms with E-state index in [1.54, 1.807) is 0 Å². The number of aliphatic hydroxyl groups is 1. The summed E-state index contributed by atoms with van der Waals surface area (Å²) in [5.74, 6) is -0.482. The van der Waals surface area contributed by atoms with Crippen LogP contribution in [0.3, 0.4) is 0 Å². The van der Waals surface area contributed by atoms with Gasteiger partial charge >= 0.3 is 5.97 Å². The molecule has 1 aliphatic heterocycles. The number of nitrogens with one attached hydrogen (secondary N) is 1. The molecule has 1 aliphatic rings. The van der Waals surface area contributed by atoms with Gasteiger partial charge in [-0.25, -0.2) is 4.79 Å². The Morgan fingerprint density at radius 2 is 1.52 bits per heavy atom. The normalized spacial score (nSPS) is 18.9. The number of unbranched alkanes of at least 4 members (excludes halogenated alkanes) is 9. The molecule has 25 heavy (non-hydrogen) atoms. The zero-order valence-electron chi connectivity index (χ0n) is 16.8. The zero-order chi connectivity index (χ0) is 19.1. The van der Waals surface area contributed by atoms with Crippen LogP contribution in [0.5, 0.6) is 0 Å². The van der Waals surface area contributed by atoms with Crippen molar-refractivity contribution in [1.82, 2.24) is 5.32 Å². The molecule has 5 nitrogen and oxygen atoms in total. The van der Waals surface area contributed by atoms with E-state index in [0.717, 1.165) is 19.3 Å². The molecule has 0 aromatic carbocycles. The first-order chi connectivity index (χ1) is 11.9. The first-order valence-electron chi connectivity index (χ1n) is 9.87. The molecule has 0 saturated carbocycles. The molecule has 4 N–H and O–H groups in total. The Morgan fingerprint density at radius 3 is 1.92 bits per heavy atom. The number of ether oxygens (including phenoxy) is 1. The molecule has 0 fully saturated rings. The molecule has 0 amide bonds. The highest BCUT2D eigenvalue weighted by Crippen LogP contribution is 2.27. The summed E-state index contributed by atoms with van der Waals surface area (Å²) in [5.41, 5.74) is 5.92. The third kappa shape index (κ3) is 11.3. The molecule has 148 valence electrons. The summed E-state index contributed by atoms with van der Waals surface area (Å²) < 4.78 is 4.70. The van der Waals surface area contributed by atoms with Gasteiger partial charge in [0.25, 0.3) is 0 Å². The van der Waals surface area contributed by atoms with Gasteiger partial charge in [-0.1, -0.05) is 71.1 Å².